The molecule has 2 aliphatic rings. The summed E-state index contributed by atoms with van der Waals surface area (Å²) in [6.45, 7) is 12.2. The van der Waals surface area contributed by atoms with Crippen molar-refractivity contribution in [2.45, 2.75) is 52.3 Å². The minimum atomic E-state index is -0.473. The molecule has 30 heavy (non-hydrogen) atoms. The molecule has 0 unspecified atom stereocenters. The molecule has 3 rings (SSSR count). The van der Waals surface area contributed by atoms with E-state index in [0.717, 1.165) is 12.1 Å². The van der Waals surface area contributed by atoms with Gasteiger partial charge in [-0.1, -0.05) is 24.3 Å². The summed E-state index contributed by atoms with van der Waals surface area (Å²) in [5.74, 6) is 0.537. The first-order chi connectivity index (χ1) is 13.8. The van der Waals surface area contributed by atoms with Crippen LogP contribution >= 0.6 is 24.0 Å². The van der Waals surface area contributed by atoms with Gasteiger partial charge in [-0.3, -0.25) is 4.90 Å². The van der Waals surface area contributed by atoms with E-state index >= 15 is 0 Å². The van der Waals surface area contributed by atoms with Crippen LogP contribution in [-0.2, 0) is 17.8 Å². The van der Waals surface area contributed by atoms with Crippen LogP contribution < -0.4 is 5.73 Å². The number of hydrogen-bond acceptors (Lipinski definition) is 4. The number of halogens is 1. The molecule has 2 heterocycles. The van der Waals surface area contributed by atoms with Crippen molar-refractivity contribution in [3.63, 3.8) is 0 Å². The standard InChI is InChI=1S/C22H35N5O2.HI/c1-22(2,3)29-21(28)27-14-12-26(13-15-27)20(23)24-16-18-6-8-19(9-7-18)17-25-10-4-5-11-25;/h6-9H,4-5,10-17H2,1-3H3,(H2,23,24);1H. The van der Waals surface area contributed by atoms with Crippen LogP contribution in [0.5, 0.6) is 0 Å². The fourth-order valence-electron chi connectivity index (χ4n) is 3.67. The molecule has 0 spiro atoms. The second-order valence-electron chi connectivity index (χ2n) is 8.93. The molecule has 0 atom stereocenters. The highest BCUT2D eigenvalue weighted by atomic mass is 127. The molecule has 168 valence electrons. The smallest absolute Gasteiger partial charge is 0.410 e. The lowest BCUT2D eigenvalue weighted by Gasteiger charge is -2.36. The van der Waals surface area contributed by atoms with Crippen molar-refractivity contribution >= 4 is 36.0 Å². The number of rotatable bonds is 4. The van der Waals surface area contributed by atoms with Crippen LogP contribution in [0, 0.1) is 0 Å². The predicted molar refractivity (Wildman–Crippen MR) is 131 cm³/mol. The Bertz CT molecular complexity index is 703. The lowest BCUT2D eigenvalue weighted by Crippen LogP contribution is -2.53. The molecule has 7 nitrogen and oxygen atoms in total. The number of benzene rings is 1. The van der Waals surface area contributed by atoms with E-state index in [-0.39, 0.29) is 30.1 Å². The van der Waals surface area contributed by atoms with Crippen LogP contribution in [0.3, 0.4) is 0 Å². The Morgan fingerprint density at radius 2 is 1.50 bits per heavy atom. The van der Waals surface area contributed by atoms with E-state index in [1.807, 2.05) is 25.7 Å². The number of hydrogen-bond donors (Lipinski definition) is 1. The van der Waals surface area contributed by atoms with E-state index in [1.54, 1.807) is 4.90 Å². The molecule has 8 heteroatoms. The number of carbonyl (C=O) groups excluding carboxylic acids is 1. The molecule has 1 amide bonds. The van der Waals surface area contributed by atoms with Gasteiger partial charge in [-0.25, -0.2) is 9.79 Å². The van der Waals surface area contributed by atoms with Crippen molar-refractivity contribution in [1.82, 2.24) is 14.7 Å². The van der Waals surface area contributed by atoms with E-state index in [1.165, 1.54) is 31.5 Å². The first-order valence-corrected chi connectivity index (χ1v) is 10.6. The predicted octanol–water partition coefficient (Wildman–Crippen LogP) is 3.27. The van der Waals surface area contributed by atoms with Crippen LogP contribution in [0.4, 0.5) is 4.79 Å². The number of nitrogens with two attached hydrogens (primary N) is 1. The molecule has 0 bridgehead atoms. The molecule has 2 N–H and O–H groups in total. The third kappa shape index (κ3) is 7.61. The van der Waals surface area contributed by atoms with E-state index in [4.69, 9.17) is 10.5 Å². The summed E-state index contributed by atoms with van der Waals surface area (Å²) in [6.07, 6.45) is 2.37. The Hall–Kier alpha value is -1.55. The zero-order valence-electron chi connectivity index (χ0n) is 18.5. The molecule has 0 saturated carbocycles. The molecule has 2 aliphatic heterocycles. The zero-order chi connectivity index (χ0) is 20.9. The fraction of sp³-hybridized carbons (Fsp3) is 0.636. The number of ether oxygens (including phenoxy) is 1. The Morgan fingerprint density at radius 3 is 2.07 bits per heavy atom. The molecule has 0 radical (unpaired) electrons. The minimum Gasteiger partial charge on any atom is -0.444 e. The Kier molecular flexibility index (Phi) is 9.21. The van der Waals surface area contributed by atoms with Gasteiger partial charge in [0, 0.05) is 32.7 Å². The fourth-order valence-corrected chi connectivity index (χ4v) is 3.67. The third-order valence-corrected chi connectivity index (χ3v) is 5.31. The van der Waals surface area contributed by atoms with E-state index in [9.17, 15) is 4.79 Å². The monoisotopic (exact) mass is 529 g/mol. The minimum absolute atomic E-state index is 0. The number of guanidine groups is 1. The first-order valence-electron chi connectivity index (χ1n) is 10.6. The van der Waals surface area contributed by atoms with Crippen LogP contribution in [0.2, 0.25) is 0 Å². The summed E-state index contributed by atoms with van der Waals surface area (Å²) in [7, 11) is 0. The Balaban J connectivity index is 0.00000320. The SMILES string of the molecule is CC(C)(C)OC(=O)N1CCN(C(N)=NCc2ccc(CN3CCCC3)cc2)CC1.I. The zero-order valence-corrected chi connectivity index (χ0v) is 20.8. The van der Waals surface area contributed by atoms with Gasteiger partial charge in [0.2, 0.25) is 0 Å². The van der Waals surface area contributed by atoms with Crippen molar-refractivity contribution < 1.29 is 9.53 Å². The normalized spacial score (nSPS) is 18.3. The molecular formula is C22H36IN5O2. The summed E-state index contributed by atoms with van der Waals surface area (Å²) in [4.78, 5) is 23.0. The summed E-state index contributed by atoms with van der Waals surface area (Å²) in [5.41, 5.74) is 8.23. The van der Waals surface area contributed by atoms with Gasteiger partial charge in [0.15, 0.2) is 5.96 Å². The van der Waals surface area contributed by atoms with Crippen molar-refractivity contribution in [2.75, 3.05) is 39.3 Å². The van der Waals surface area contributed by atoms with Crippen LogP contribution in [-0.4, -0.2) is 71.6 Å². The largest absolute Gasteiger partial charge is 0.444 e. The van der Waals surface area contributed by atoms with E-state index in [0.29, 0.717) is 38.7 Å². The maximum absolute atomic E-state index is 12.2. The molecule has 0 aromatic heterocycles. The Labute approximate surface area is 197 Å². The number of nitrogens with zero attached hydrogens (tertiary/aromatic N) is 4. The summed E-state index contributed by atoms with van der Waals surface area (Å²) in [6, 6.07) is 8.67. The quantitative estimate of drug-likeness (QED) is 0.368. The summed E-state index contributed by atoms with van der Waals surface area (Å²) in [5, 5.41) is 0. The average molecular weight is 529 g/mol. The van der Waals surface area contributed by atoms with Crippen molar-refractivity contribution in [3.8, 4) is 0 Å². The lowest BCUT2D eigenvalue weighted by atomic mass is 10.1. The van der Waals surface area contributed by atoms with Crippen molar-refractivity contribution in [3.05, 3.63) is 35.4 Å². The topological polar surface area (TPSA) is 74.4 Å². The number of carbonyl (C=O) groups is 1. The maximum atomic E-state index is 12.2. The van der Waals surface area contributed by atoms with Crippen molar-refractivity contribution in [2.24, 2.45) is 10.7 Å². The van der Waals surface area contributed by atoms with Crippen LogP contribution in [0.25, 0.3) is 0 Å². The maximum Gasteiger partial charge on any atom is 0.410 e. The van der Waals surface area contributed by atoms with Gasteiger partial charge in [0.1, 0.15) is 5.60 Å². The highest BCUT2D eigenvalue weighted by molar-refractivity contribution is 14.0. The van der Waals surface area contributed by atoms with Gasteiger partial charge >= 0.3 is 6.09 Å². The van der Waals surface area contributed by atoms with Gasteiger partial charge in [-0.15, -0.1) is 24.0 Å². The van der Waals surface area contributed by atoms with Crippen molar-refractivity contribution in [1.29, 1.82) is 0 Å². The van der Waals surface area contributed by atoms with E-state index < -0.39 is 5.60 Å². The molecule has 2 fully saturated rings. The molecule has 2 saturated heterocycles. The molecular weight excluding hydrogens is 493 g/mol. The van der Waals surface area contributed by atoms with Gasteiger partial charge in [0.05, 0.1) is 6.54 Å². The second-order valence-corrected chi connectivity index (χ2v) is 8.93. The number of piperazine rings is 1. The third-order valence-electron chi connectivity index (χ3n) is 5.31. The van der Waals surface area contributed by atoms with Gasteiger partial charge in [0.25, 0.3) is 0 Å². The number of amides is 1. The van der Waals surface area contributed by atoms with Gasteiger partial charge < -0.3 is 20.3 Å². The van der Waals surface area contributed by atoms with Gasteiger partial charge in [-0.05, 0) is 57.8 Å². The lowest BCUT2D eigenvalue weighted by molar-refractivity contribution is 0.0186. The van der Waals surface area contributed by atoms with Crippen LogP contribution in [0.15, 0.2) is 29.3 Å². The second kappa shape index (κ2) is 11.2. The molecule has 0 aliphatic carbocycles. The number of likely N-dealkylation sites (tertiary alicyclic amines) is 1. The summed E-state index contributed by atoms with van der Waals surface area (Å²) < 4.78 is 5.43. The highest BCUT2D eigenvalue weighted by Gasteiger charge is 2.26. The van der Waals surface area contributed by atoms with Gasteiger partial charge in [-0.2, -0.15) is 0 Å². The van der Waals surface area contributed by atoms with E-state index in [2.05, 4.69) is 34.2 Å². The highest BCUT2D eigenvalue weighted by Crippen LogP contribution is 2.14. The summed E-state index contributed by atoms with van der Waals surface area (Å²) >= 11 is 0. The average Bonchev–Trinajstić information content (AvgIpc) is 3.19. The Morgan fingerprint density at radius 1 is 0.967 bits per heavy atom. The number of aliphatic imine (C=N–C) groups is 1. The molecule has 1 aromatic carbocycles. The van der Waals surface area contributed by atoms with Crippen LogP contribution in [0.1, 0.15) is 44.7 Å². The molecule has 1 aromatic rings. The first kappa shape index (κ1) is 24.7.